The third-order valence-corrected chi connectivity index (χ3v) is 3.37. The molecule has 0 radical (unpaired) electrons. The van der Waals surface area contributed by atoms with Gasteiger partial charge in [0.1, 0.15) is 5.75 Å². The molecule has 0 spiro atoms. The maximum atomic E-state index is 5.46. The van der Waals surface area contributed by atoms with Crippen LogP contribution in [0.2, 0.25) is 0 Å². The summed E-state index contributed by atoms with van der Waals surface area (Å²) in [5.41, 5.74) is 1.29. The Morgan fingerprint density at radius 2 is 1.84 bits per heavy atom. The van der Waals surface area contributed by atoms with Gasteiger partial charge >= 0.3 is 0 Å². The van der Waals surface area contributed by atoms with E-state index in [0.29, 0.717) is 6.04 Å². The van der Waals surface area contributed by atoms with Gasteiger partial charge in [-0.1, -0.05) is 39.0 Å². The molecule has 0 saturated carbocycles. The van der Waals surface area contributed by atoms with Crippen molar-refractivity contribution < 1.29 is 9.47 Å². The van der Waals surface area contributed by atoms with Crippen LogP contribution in [0.25, 0.3) is 0 Å². The van der Waals surface area contributed by atoms with E-state index in [-0.39, 0.29) is 0 Å². The highest BCUT2D eigenvalue weighted by Gasteiger charge is 2.23. The van der Waals surface area contributed by atoms with Crippen LogP contribution in [0.5, 0.6) is 5.75 Å². The maximum absolute atomic E-state index is 5.46. The van der Waals surface area contributed by atoms with Crippen molar-refractivity contribution in [3.63, 3.8) is 0 Å². The molecule has 19 heavy (non-hydrogen) atoms. The maximum Gasteiger partial charge on any atom is 0.123 e. The molecule has 0 aromatic heterocycles. The van der Waals surface area contributed by atoms with Crippen LogP contribution in [0.3, 0.4) is 0 Å². The summed E-state index contributed by atoms with van der Waals surface area (Å²) in [6, 6.07) is 8.76. The molecule has 1 aromatic rings. The summed E-state index contributed by atoms with van der Waals surface area (Å²) >= 11 is 0. The van der Waals surface area contributed by atoms with E-state index >= 15 is 0 Å². The summed E-state index contributed by atoms with van der Waals surface area (Å²) in [5, 5.41) is 0. The van der Waals surface area contributed by atoms with Gasteiger partial charge in [-0.25, -0.2) is 0 Å². The van der Waals surface area contributed by atoms with E-state index in [9.17, 15) is 0 Å². The Morgan fingerprint density at radius 1 is 1.21 bits per heavy atom. The Balaban J connectivity index is 0.000000861. The van der Waals surface area contributed by atoms with Crippen LogP contribution >= 0.6 is 0 Å². The number of para-hydroxylation sites is 1. The molecule has 3 nitrogen and oxygen atoms in total. The van der Waals surface area contributed by atoms with Crippen LogP contribution in [-0.4, -0.2) is 38.3 Å². The fraction of sp³-hybridized carbons (Fsp3) is 0.625. The minimum Gasteiger partial charge on any atom is -0.496 e. The molecule has 3 heteroatoms. The highest BCUT2D eigenvalue weighted by molar-refractivity contribution is 5.35. The van der Waals surface area contributed by atoms with Crippen LogP contribution in [-0.2, 0) is 4.74 Å². The Labute approximate surface area is 117 Å². The van der Waals surface area contributed by atoms with E-state index in [1.165, 1.54) is 5.56 Å². The van der Waals surface area contributed by atoms with Gasteiger partial charge in [-0.05, 0) is 12.5 Å². The SMILES string of the molecule is CC.CCC(c1ccccc1OC)N1CCOCC1. The lowest BCUT2D eigenvalue weighted by molar-refractivity contribution is 0.0148. The van der Waals surface area contributed by atoms with Crippen molar-refractivity contribution in [2.45, 2.75) is 33.2 Å². The number of nitrogens with zero attached hydrogens (tertiary/aromatic N) is 1. The second-order valence-corrected chi connectivity index (χ2v) is 4.31. The molecule has 0 amide bonds. The van der Waals surface area contributed by atoms with Crippen molar-refractivity contribution in [1.82, 2.24) is 4.90 Å². The Bertz CT molecular complexity index is 348. The molecule has 0 aliphatic carbocycles. The molecule has 1 aliphatic heterocycles. The van der Waals surface area contributed by atoms with Crippen LogP contribution in [0.1, 0.15) is 38.8 Å². The summed E-state index contributed by atoms with van der Waals surface area (Å²) in [4.78, 5) is 2.49. The van der Waals surface area contributed by atoms with Crippen molar-refractivity contribution in [2.75, 3.05) is 33.4 Å². The monoisotopic (exact) mass is 265 g/mol. The number of morpholine rings is 1. The van der Waals surface area contributed by atoms with Crippen molar-refractivity contribution in [1.29, 1.82) is 0 Å². The molecule has 1 fully saturated rings. The van der Waals surface area contributed by atoms with Crippen molar-refractivity contribution in [2.24, 2.45) is 0 Å². The van der Waals surface area contributed by atoms with Gasteiger partial charge in [-0.3, -0.25) is 4.90 Å². The van der Waals surface area contributed by atoms with Crippen molar-refractivity contribution in [3.8, 4) is 5.75 Å². The molecule has 1 heterocycles. The Morgan fingerprint density at radius 3 is 2.42 bits per heavy atom. The summed E-state index contributed by atoms with van der Waals surface area (Å²) in [6.45, 7) is 9.93. The number of hydrogen-bond acceptors (Lipinski definition) is 3. The van der Waals surface area contributed by atoms with Gasteiger partial charge in [-0.15, -0.1) is 0 Å². The molecule has 2 rings (SSSR count). The van der Waals surface area contributed by atoms with E-state index in [2.05, 4.69) is 24.0 Å². The first kappa shape index (κ1) is 16.0. The zero-order valence-corrected chi connectivity index (χ0v) is 12.7. The molecule has 108 valence electrons. The van der Waals surface area contributed by atoms with Gasteiger partial charge < -0.3 is 9.47 Å². The Hall–Kier alpha value is -1.06. The second kappa shape index (κ2) is 8.94. The average Bonchev–Trinajstić information content (AvgIpc) is 2.52. The van der Waals surface area contributed by atoms with Gasteiger partial charge in [-0.2, -0.15) is 0 Å². The first-order valence-electron chi connectivity index (χ1n) is 7.31. The number of rotatable bonds is 4. The van der Waals surface area contributed by atoms with Crippen molar-refractivity contribution in [3.05, 3.63) is 29.8 Å². The highest BCUT2D eigenvalue weighted by Crippen LogP contribution is 2.31. The second-order valence-electron chi connectivity index (χ2n) is 4.31. The topological polar surface area (TPSA) is 21.7 Å². The van der Waals surface area contributed by atoms with Gasteiger partial charge in [0.15, 0.2) is 0 Å². The lowest BCUT2D eigenvalue weighted by Gasteiger charge is -2.34. The molecule has 1 saturated heterocycles. The first-order chi connectivity index (χ1) is 9.36. The van der Waals surface area contributed by atoms with Crippen LogP contribution < -0.4 is 4.74 Å². The van der Waals surface area contributed by atoms with Crippen LogP contribution in [0.4, 0.5) is 0 Å². The lowest BCUT2D eigenvalue weighted by Crippen LogP contribution is -2.39. The van der Waals surface area contributed by atoms with Gasteiger partial charge in [0.2, 0.25) is 0 Å². The first-order valence-corrected chi connectivity index (χ1v) is 7.31. The number of methoxy groups -OCH3 is 1. The van der Waals surface area contributed by atoms with E-state index in [1.807, 2.05) is 26.0 Å². The predicted octanol–water partition coefficient (Wildman–Crippen LogP) is 3.50. The summed E-state index contributed by atoms with van der Waals surface area (Å²) in [6.07, 6.45) is 1.10. The van der Waals surface area contributed by atoms with Gasteiger partial charge in [0.25, 0.3) is 0 Å². The van der Waals surface area contributed by atoms with Gasteiger partial charge in [0.05, 0.1) is 20.3 Å². The molecule has 1 aromatic carbocycles. The normalized spacial score (nSPS) is 17.3. The standard InChI is InChI=1S/C14H21NO2.C2H6/c1-3-13(15-8-10-17-11-9-15)12-6-4-5-7-14(12)16-2;1-2/h4-7,13H,3,8-11H2,1-2H3;1-2H3. The number of ether oxygens (including phenoxy) is 2. The minimum absolute atomic E-state index is 0.440. The third kappa shape index (κ3) is 4.22. The van der Waals surface area contributed by atoms with Crippen molar-refractivity contribution >= 4 is 0 Å². The van der Waals surface area contributed by atoms with Crippen LogP contribution in [0.15, 0.2) is 24.3 Å². The third-order valence-electron chi connectivity index (χ3n) is 3.37. The molecule has 0 bridgehead atoms. The summed E-state index contributed by atoms with van der Waals surface area (Å²) in [7, 11) is 1.74. The van der Waals surface area contributed by atoms with E-state index in [4.69, 9.17) is 9.47 Å². The fourth-order valence-electron chi connectivity index (χ4n) is 2.51. The fourth-order valence-corrected chi connectivity index (χ4v) is 2.51. The quantitative estimate of drug-likeness (QED) is 0.831. The summed E-state index contributed by atoms with van der Waals surface area (Å²) < 4.78 is 10.9. The highest BCUT2D eigenvalue weighted by atomic mass is 16.5. The Kier molecular flexibility index (Phi) is 7.53. The van der Waals surface area contributed by atoms with Gasteiger partial charge in [0, 0.05) is 24.7 Å². The van der Waals surface area contributed by atoms with E-state index in [1.54, 1.807) is 7.11 Å². The molecular formula is C16H27NO2. The lowest BCUT2D eigenvalue weighted by atomic mass is 10.0. The molecular weight excluding hydrogens is 238 g/mol. The largest absolute Gasteiger partial charge is 0.496 e. The zero-order chi connectivity index (χ0) is 14.1. The zero-order valence-electron chi connectivity index (χ0n) is 12.7. The molecule has 1 aliphatic rings. The van der Waals surface area contributed by atoms with E-state index < -0.39 is 0 Å². The van der Waals surface area contributed by atoms with Crippen LogP contribution in [0, 0.1) is 0 Å². The minimum atomic E-state index is 0.440. The average molecular weight is 265 g/mol. The summed E-state index contributed by atoms with van der Waals surface area (Å²) in [5.74, 6) is 0.992. The number of hydrogen-bond donors (Lipinski definition) is 0. The molecule has 1 atom stereocenters. The molecule has 0 N–H and O–H groups in total. The number of benzene rings is 1. The van der Waals surface area contributed by atoms with E-state index in [0.717, 1.165) is 38.5 Å². The predicted molar refractivity (Wildman–Crippen MR) is 79.8 cm³/mol. The molecule has 1 unspecified atom stereocenters. The smallest absolute Gasteiger partial charge is 0.123 e.